The number of anilines is 1. The molecule has 0 spiro atoms. The van der Waals surface area contributed by atoms with E-state index < -0.39 is 4.33 Å². The molecule has 1 aliphatic carbocycles. The first kappa shape index (κ1) is 18.5. The van der Waals surface area contributed by atoms with Crippen molar-refractivity contribution in [3.63, 3.8) is 0 Å². The van der Waals surface area contributed by atoms with Crippen LogP contribution in [0.25, 0.3) is 0 Å². The Morgan fingerprint density at radius 3 is 2.44 bits per heavy atom. The zero-order valence-electron chi connectivity index (χ0n) is 14.3. The molecule has 1 aromatic rings. The molecule has 2 fully saturated rings. The van der Waals surface area contributed by atoms with Crippen LogP contribution in [0.2, 0.25) is 0 Å². The first-order valence-electron chi connectivity index (χ1n) is 8.67. The highest BCUT2D eigenvalue weighted by atomic mass is 35.5. The molecule has 0 unspecified atom stereocenters. The molecule has 2 aliphatic rings. The number of piperazine rings is 1. The van der Waals surface area contributed by atoms with Crippen molar-refractivity contribution in [2.24, 2.45) is 5.92 Å². The van der Waals surface area contributed by atoms with E-state index in [9.17, 15) is 9.59 Å². The summed E-state index contributed by atoms with van der Waals surface area (Å²) in [5.74, 6) is -0.259. The lowest BCUT2D eigenvalue weighted by atomic mass is 10.1. The molecule has 1 N–H and O–H groups in total. The van der Waals surface area contributed by atoms with Gasteiger partial charge in [0.1, 0.15) is 4.33 Å². The highest BCUT2D eigenvalue weighted by Crippen LogP contribution is 2.53. The molecule has 0 radical (unpaired) electrons. The summed E-state index contributed by atoms with van der Waals surface area (Å²) < 4.78 is -0.874. The normalized spacial score (nSPS) is 22.5. The first-order valence-corrected chi connectivity index (χ1v) is 9.43. The second-order valence-corrected chi connectivity index (χ2v) is 8.22. The standard InChI is InChI=1S/C18H23Cl2N3O2/c1-2-13-5-3-4-6-15(13)21-16(24)12-22-7-9-23(10-8-22)17(25)14-11-18(14,19)20/h3-6,14H,2,7-12H2,1H3,(H,21,24)/t14-/m1/s1. The van der Waals surface area contributed by atoms with E-state index >= 15 is 0 Å². The number of para-hydroxylation sites is 1. The van der Waals surface area contributed by atoms with Gasteiger partial charge in [0.25, 0.3) is 0 Å². The number of carbonyl (C=O) groups excluding carboxylic acids is 2. The van der Waals surface area contributed by atoms with E-state index in [4.69, 9.17) is 23.2 Å². The lowest BCUT2D eigenvalue weighted by molar-refractivity contribution is -0.134. The van der Waals surface area contributed by atoms with Gasteiger partial charge in [-0.3, -0.25) is 14.5 Å². The fourth-order valence-corrected chi connectivity index (χ4v) is 3.67. The molecular formula is C18H23Cl2N3O2. The Bertz CT molecular complexity index is 657. The van der Waals surface area contributed by atoms with Crippen molar-refractivity contribution < 1.29 is 9.59 Å². The van der Waals surface area contributed by atoms with E-state index in [2.05, 4.69) is 17.1 Å². The summed E-state index contributed by atoms with van der Waals surface area (Å²) in [5.41, 5.74) is 2.00. The van der Waals surface area contributed by atoms with Gasteiger partial charge in [-0.15, -0.1) is 23.2 Å². The van der Waals surface area contributed by atoms with Crippen molar-refractivity contribution >= 4 is 40.7 Å². The summed E-state index contributed by atoms with van der Waals surface area (Å²) in [6.07, 6.45) is 1.41. The zero-order chi connectivity index (χ0) is 18.0. The molecular weight excluding hydrogens is 361 g/mol. The minimum Gasteiger partial charge on any atom is -0.340 e. The van der Waals surface area contributed by atoms with Gasteiger partial charge in [-0.2, -0.15) is 0 Å². The van der Waals surface area contributed by atoms with Crippen LogP contribution in [0.4, 0.5) is 5.69 Å². The van der Waals surface area contributed by atoms with Crippen molar-refractivity contribution in [2.45, 2.75) is 24.1 Å². The second kappa shape index (κ2) is 7.52. The lowest BCUT2D eigenvalue weighted by Gasteiger charge is -2.34. The number of aryl methyl sites for hydroxylation is 1. The smallest absolute Gasteiger partial charge is 0.238 e. The number of hydrogen-bond acceptors (Lipinski definition) is 3. The zero-order valence-corrected chi connectivity index (χ0v) is 15.8. The van der Waals surface area contributed by atoms with E-state index in [1.165, 1.54) is 0 Å². The van der Waals surface area contributed by atoms with Crippen LogP contribution >= 0.6 is 23.2 Å². The van der Waals surface area contributed by atoms with Crippen molar-refractivity contribution in [1.82, 2.24) is 9.80 Å². The Labute approximate surface area is 158 Å². The maximum absolute atomic E-state index is 12.3. The lowest BCUT2D eigenvalue weighted by Crippen LogP contribution is -2.51. The van der Waals surface area contributed by atoms with Gasteiger partial charge in [0.15, 0.2) is 0 Å². The number of amides is 2. The molecule has 2 amide bonds. The quantitative estimate of drug-likeness (QED) is 0.794. The van der Waals surface area contributed by atoms with Gasteiger partial charge in [-0.05, 0) is 24.5 Å². The number of carbonyl (C=O) groups is 2. The van der Waals surface area contributed by atoms with Gasteiger partial charge < -0.3 is 10.2 Å². The third-order valence-electron chi connectivity index (χ3n) is 4.85. The van der Waals surface area contributed by atoms with Crippen LogP contribution in [0, 0.1) is 5.92 Å². The van der Waals surface area contributed by atoms with Gasteiger partial charge in [-0.25, -0.2) is 0 Å². The summed E-state index contributed by atoms with van der Waals surface area (Å²) in [5, 5.41) is 2.99. The second-order valence-electron chi connectivity index (χ2n) is 6.68. The van der Waals surface area contributed by atoms with Gasteiger partial charge in [0.2, 0.25) is 11.8 Å². The first-order chi connectivity index (χ1) is 11.9. The summed E-state index contributed by atoms with van der Waals surface area (Å²) in [6, 6.07) is 7.84. The van der Waals surface area contributed by atoms with Crippen LogP contribution in [0.15, 0.2) is 24.3 Å². The molecule has 5 nitrogen and oxygen atoms in total. The number of halogens is 2. The number of alkyl halides is 2. The molecule has 1 aliphatic heterocycles. The molecule has 0 aromatic heterocycles. The van der Waals surface area contributed by atoms with E-state index in [1.54, 1.807) is 4.90 Å². The molecule has 1 saturated carbocycles. The Kier molecular flexibility index (Phi) is 5.56. The van der Waals surface area contributed by atoms with Crippen molar-refractivity contribution in [2.75, 3.05) is 38.0 Å². The Balaban J connectivity index is 1.46. The van der Waals surface area contributed by atoms with Crippen LogP contribution in [0.1, 0.15) is 18.9 Å². The molecule has 1 aromatic carbocycles. The number of hydrogen-bond donors (Lipinski definition) is 1. The van der Waals surface area contributed by atoms with Crippen LogP contribution in [-0.4, -0.2) is 58.7 Å². The van der Waals surface area contributed by atoms with Crippen molar-refractivity contribution in [3.8, 4) is 0 Å². The highest BCUT2D eigenvalue weighted by molar-refractivity contribution is 6.52. The summed E-state index contributed by atoms with van der Waals surface area (Å²) in [6.45, 7) is 4.98. The predicted molar refractivity (Wildman–Crippen MR) is 100 cm³/mol. The van der Waals surface area contributed by atoms with Crippen LogP contribution in [0.3, 0.4) is 0 Å². The number of rotatable bonds is 5. The largest absolute Gasteiger partial charge is 0.340 e. The SMILES string of the molecule is CCc1ccccc1NC(=O)CN1CCN(C(=O)[C@H]2CC2(Cl)Cl)CC1. The maximum atomic E-state index is 12.3. The Hall–Kier alpha value is -1.30. The molecule has 1 heterocycles. The maximum Gasteiger partial charge on any atom is 0.238 e. The fourth-order valence-electron chi connectivity index (χ4n) is 3.17. The van der Waals surface area contributed by atoms with E-state index in [0.717, 1.165) is 17.7 Å². The van der Waals surface area contributed by atoms with Crippen molar-refractivity contribution in [3.05, 3.63) is 29.8 Å². The fraction of sp³-hybridized carbons (Fsp3) is 0.556. The monoisotopic (exact) mass is 383 g/mol. The number of nitrogens with zero attached hydrogens (tertiary/aromatic N) is 2. The Morgan fingerprint density at radius 1 is 1.20 bits per heavy atom. The van der Waals surface area contributed by atoms with Gasteiger partial charge in [-0.1, -0.05) is 25.1 Å². The van der Waals surface area contributed by atoms with Crippen LogP contribution in [-0.2, 0) is 16.0 Å². The number of benzene rings is 1. The average Bonchev–Trinajstić information content (AvgIpc) is 3.24. The minimum absolute atomic E-state index is 0.0246. The van der Waals surface area contributed by atoms with E-state index in [1.807, 2.05) is 24.3 Å². The molecule has 0 bridgehead atoms. The molecule has 1 saturated heterocycles. The van der Waals surface area contributed by atoms with E-state index in [0.29, 0.717) is 39.1 Å². The topological polar surface area (TPSA) is 52.7 Å². The van der Waals surface area contributed by atoms with E-state index in [-0.39, 0.29) is 17.7 Å². The minimum atomic E-state index is -0.874. The van der Waals surface area contributed by atoms with Crippen molar-refractivity contribution in [1.29, 1.82) is 0 Å². The third kappa shape index (κ3) is 4.46. The Morgan fingerprint density at radius 2 is 1.84 bits per heavy atom. The molecule has 3 rings (SSSR count). The molecule has 136 valence electrons. The molecule has 25 heavy (non-hydrogen) atoms. The highest BCUT2D eigenvalue weighted by Gasteiger charge is 2.57. The summed E-state index contributed by atoms with van der Waals surface area (Å²) in [4.78, 5) is 28.4. The van der Waals surface area contributed by atoms with Gasteiger partial charge in [0, 0.05) is 31.9 Å². The summed E-state index contributed by atoms with van der Waals surface area (Å²) >= 11 is 12.0. The molecule has 1 atom stereocenters. The summed E-state index contributed by atoms with van der Waals surface area (Å²) in [7, 11) is 0. The molecule has 7 heteroatoms. The van der Waals surface area contributed by atoms with Crippen LogP contribution in [0.5, 0.6) is 0 Å². The average molecular weight is 384 g/mol. The number of nitrogens with one attached hydrogen (secondary N) is 1. The predicted octanol–water partition coefficient (Wildman–Crippen LogP) is 2.53. The third-order valence-corrected chi connectivity index (χ3v) is 5.68. The van der Waals surface area contributed by atoms with Gasteiger partial charge in [0.05, 0.1) is 12.5 Å². The van der Waals surface area contributed by atoms with Crippen LogP contribution < -0.4 is 5.32 Å². The van der Waals surface area contributed by atoms with Gasteiger partial charge >= 0.3 is 0 Å².